The van der Waals surface area contributed by atoms with Crippen molar-refractivity contribution in [2.24, 2.45) is 0 Å². The van der Waals surface area contributed by atoms with Crippen molar-refractivity contribution >= 4 is 28.8 Å². The van der Waals surface area contributed by atoms with Crippen molar-refractivity contribution in [1.29, 1.82) is 0 Å². The molecule has 0 saturated carbocycles. The maximum absolute atomic E-state index is 12.5. The van der Waals surface area contributed by atoms with Gasteiger partial charge in [0, 0.05) is 64.4 Å². The van der Waals surface area contributed by atoms with E-state index in [2.05, 4.69) is 24.5 Å². The molecule has 0 heterocycles. The highest BCUT2D eigenvalue weighted by Gasteiger charge is 2.09. The van der Waals surface area contributed by atoms with E-state index in [1.54, 1.807) is 7.11 Å². The van der Waals surface area contributed by atoms with Gasteiger partial charge in [0.25, 0.3) is 0 Å². The number of carbonyl (C=O) groups excluding carboxylic acids is 1. The predicted molar refractivity (Wildman–Crippen MR) is 145 cm³/mol. The third kappa shape index (κ3) is 14.7. The zero-order valence-electron chi connectivity index (χ0n) is 21.6. The number of unbranched alkanes of at least 4 members (excludes halogenated alkanes) is 4. The first-order valence-corrected chi connectivity index (χ1v) is 13.4. The van der Waals surface area contributed by atoms with Crippen LogP contribution in [0.5, 0.6) is 0 Å². The van der Waals surface area contributed by atoms with E-state index in [0.29, 0.717) is 37.7 Å². The molecular weight excluding hydrogens is 448 g/mol. The van der Waals surface area contributed by atoms with Gasteiger partial charge in [-0.15, -0.1) is 0 Å². The van der Waals surface area contributed by atoms with Crippen molar-refractivity contribution in [1.82, 2.24) is 5.32 Å². The lowest BCUT2D eigenvalue weighted by Crippen LogP contribution is -2.24. The number of benzene rings is 1. The summed E-state index contributed by atoms with van der Waals surface area (Å²) in [7, 11) is 1.69. The summed E-state index contributed by atoms with van der Waals surface area (Å²) < 4.78 is 16.4. The average Bonchev–Trinajstić information content (AvgIpc) is 2.84. The number of methoxy groups -OCH3 is 1. The van der Waals surface area contributed by atoms with Gasteiger partial charge in [-0.3, -0.25) is 4.79 Å². The number of nitrogens with one attached hydrogen (secondary N) is 2. The van der Waals surface area contributed by atoms with Crippen molar-refractivity contribution in [2.45, 2.75) is 78.1 Å². The molecule has 7 heteroatoms. The first-order valence-electron chi connectivity index (χ1n) is 13.0. The maximum Gasteiger partial charge on any atom is 0.224 e. The lowest BCUT2D eigenvalue weighted by Gasteiger charge is -2.14. The summed E-state index contributed by atoms with van der Waals surface area (Å²) in [6, 6.07) is 6.00. The molecule has 0 unspecified atom stereocenters. The molecular formula is C27H46N2O4S. The molecule has 0 aliphatic rings. The molecule has 0 aromatic heterocycles. The van der Waals surface area contributed by atoms with Gasteiger partial charge in [-0.05, 0) is 43.7 Å². The normalized spacial score (nSPS) is 10.9. The highest BCUT2D eigenvalue weighted by Crippen LogP contribution is 2.19. The fourth-order valence-electron chi connectivity index (χ4n) is 3.49. The van der Waals surface area contributed by atoms with Crippen molar-refractivity contribution in [3.63, 3.8) is 0 Å². The first-order chi connectivity index (χ1) is 16.6. The largest absolute Gasteiger partial charge is 0.385 e. The molecule has 6 nitrogen and oxygen atoms in total. The zero-order valence-corrected chi connectivity index (χ0v) is 22.4. The third-order valence-electron chi connectivity index (χ3n) is 5.50. The van der Waals surface area contributed by atoms with Gasteiger partial charge in [0.15, 0.2) is 0 Å². The number of rotatable bonds is 21. The average molecular weight is 495 g/mol. The Bertz CT molecular complexity index is 685. The Morgan fingerprint density at radius 2 is 1.59 bits per heavy atom. The Kier molecular flexibility index (Phi) is 18.7. The quantitative estimate of drug-likeness (QED) is 0.170. The Morgan fingerprint density at radius 1 is 0.882 bits per heavy atom. The molecule has 1 rings (SSSR count). The van der Waals surface area contributed by atoms with Gasteiger partial charge in [0.2, 0.25) is 5.91 Å². The van der Waals surface area contributed by atoms with Crippen LogP contribution in [0.2, 0.25) is 0 Å². The molecule has 0 radical (unpaired) electrons. The summed E-state index contributed by atoms with van der Waals surface area (Å²) in [6.45, 7) is 8.61. The van der Waals surface area contributed by atoms with Crippen molar-refractivity contribution in [2.75, 3.05) is 52.0 Å². The lowest BCUT2D eigenvalue weighted by atomic mass is 10.1. The number of ether oxygens (including phenoxy) is 3. The summed E-state index contributed by atoms with van der Waals surface area (Å²) in [5.41, 5.74) is 2.84. The lowest BCUT2D eigenvalue weighted by molar-refractivity contribution is -0.116. The zero-order chi connectivity index (χ0) is 24.9. The Balaban J connectivity index is 2.22. The monoisotopic (exact) mass is 494 g/mol. The van der Waals surface area contributed by atoms with E-state index in [0.717, 1.165) is 62.3 Å². The Labute approximate surface area is 212 Å². The molecule has 1 amide bonds. The fourth-order valence-corrected chi connectivity index (χ4v) is 3.71. The molecule has 0 saturated heterocycles. The van der Waals surface area contributed by atoms with E-state index in [1.165, 1.54) is 25.7 Å². The molecule has 0 aliphatic heterocycles. The van der Waals surface area contributed by atoms with Crippen LogP contribution in [0.15, 0.2) is 18.2 Å². The molecule has 34 heavy (non-hydrogen) atoms. The first kappa shape index (κ1) is 30.5. The van der Waals surface area contributed by atoms with Crippen molar-refractivity contribution < 1.29 is 19.0 Å². The van der Waals surface area contributed by atoms with E-state index in [1.807, 2.05) is 18.2 Å². The number of hydrogen-bond donors (Lipinski definition) is 2. The number of hydrogen-bond acceptors (Lipinski definition) is 5. The van der Waals surface area contributed by atoms with Crippen molar-refractivity contribution in [3.8, 4) is 0 Å². The summed E-state index contributed by atoms with van der Waals surface area (Å²) in [5, 5.41) is 6.30. The molecule has 0 atom stereocenters. The molecule has 0 bridgehead atoms. The van der Waals surface area contributed by atoms with E-state index in [9.17, 15) is 4.79 Å². The van der Waals surface area contributed by atoms with Gasteiger partial charge < -0.3 is 24.8 Å². The standard InChI is InChI=1S/C27H46N2O4S/c1-4-6-7-8-9-18-32-20-12-21-33-19-10-13-26(30)29-25-22-24(15-14-23(25)5-2)27(34)28-16-11-17-31-3/h14-15,22H,4-13,16-21H2,1-3H3,(H,28,34)(H,29,30). The van der Waals surface area contributed by atoms with Gasteiger partial charge in [-0.25, -0.2) is 0 Å². The number of carbonyl (C=O) groups is 1. The third-order valence-corrected chi connectivity index (χ3v) is 5.88. The van der Waals surface area contributed by atoms with E-state index < -0.39 is 0 Å². The molecule has 0 fully saturated rings. The van der Waals surface area contributed by atoms with Gasteiger partial charge in [0.05, 0.1) is 0 Å². The molecule has 0 aliphatic carbocycles. The Morgan fingerprint density at radius 3 is 2.29 bits per heavy atom. The van der Waals surface area contributed by atoms with Crippen LogP contribution >= 0.6 is 12.2 Å². The highest BCUT2D eigenvalue weighted by molar-refractivity contribution is 7.80. The molecule has 1 aromatic carbocycles. The summed E-state index contributed by atoms with van der Waals surface area (Å²) in [5.74, 6) is 0.000767. The molecule has 194 valence electrons. The van der Waals surface area contributed by atoms with Crippen LogP contribution in [-0.2, 0) is 25.4 Å². The number of amides is 1. The van der Waals surface area contributed by atoms with Crippen molar-refractivity contribution in [3.05, 3.63) is 29.3 Å². The number of thiocarbonyl (C=S) groups is 1. The number of aryl methyl sites for hydroxylation is 1. The van der Waals surface area contributed by atoms with Crippen LogP contribution < -0.4 is 10.6 Å². The summed E-state index contributed by atoms with van der Waals surface area (Å²) in [4.78, 5) is 13.1. The van der Waals surface area contributed by atoms with E-state index in [-0.39, 0.29) is 5.91 Å². The number of anilines is 1. The van der Waals surface area contributed by atoms with Crippen LogP contribution in [0.4, 0.5) is 5.69 Å². The van der Waals surface area contributed by atoms with Gasteiger partial charge in [-0.2, -0.15) is 0 Å². The molecule has 0 spiro atoms. The second-order valence-electron chi connectivity index (χ2n) is 8.47. The van der Waals surface area contributed by atoms with Gasteiger partial charge in [-0.1, -0.05) is 63.9 Å². The summed E-state index contributed by atoms with van der Waals surface area (Å²) in [6.07, 6.45) is 10.1. The van der Waals surface area contributed by atoms with Gasteiger partial charge >= 0.3 is 0 Å². The molecule has 1 aromatic rings. The van der Waals surface area contributed by atoms with Crippen LogP contribution in [0, 0.1) is 0 Å². The Hall–Kier alpha value is -1.54. The van der Waals surface area contributed by atoms with Crippen LogP contribution in [-0.4, -0.2) is 57.6 Å². The fraction of sp³-hybridized carbons (Fsp3) is 0.704. The minimum absolute atomic E-state index is 0.000767. The minimum Gasteiger partial charge on any atom is -0.385 e. The SMILES string of the molecule is CCCCCCCOCCCOCCCC(=O)Nc1cc(C(=S)NCCCOC)ccc1CC. The smallest absolute Gasteiger partial charge is 0.224 e. The van der Waals surface area contributed by atoms with Crippen LogP contribution in [0.1, 0.15) is 82.8 Å². The second kappa shape index (κ2) is 20.8. The van der Waals surface area contributed by atoms with Crippen LogP contribution in [0.3, 0.4) is 0 Å². The topological polar surface area (TPSA) is 68.8 Å². The second-order valence-corrected chi connectivity index (χ2v) is 8.88. The maximum atomic E-state index is 12.5. The highest BCUT2D eigenvalue weighted by atomic mass is 32.1. The van der Waals surface area contributed by atoms with E-state index >= 15 is 0 Å². The minimum atomic E-state index is 0.000767. The molecule has 2 N–H and O–H groups in total. The van der Waals surface area contributed by atoms with E-state index in [4.69, 9.17) is 26.4 Å². The van der Waals surface area contributed by atoms with Crippen LogP contribution in [0.25, 0.3) is 0 Å². The van der Waals surface area contributed by atoms with Gasteiger partial charge in [0.1, 0.15) is 4.99 Å². The predicted octanol–water partition coefficient (Wildman–Crippen LogP) is 5.66. The summed E-state index contributed by atoms with van der Waals surface area (Å²) >= 11 is 5.50.